The normalized spacial score (nSPS) is 18.5. The van der Waals surface area contributed by atoms with E-state index in [9.17, 15) is 0 Å². The molecule has 0 amide bonds. The average molecular weight is 254 g/mol. The van der Waals surface area contributed by atoms with Crippen LogP contribution in [0.3, 0.4) is 0 Å². The van der Waals surface area contributed by atoms with E-state index in [0.717, 1.165) is 17.9 Å². The second-order valence-electron chi connectivity index (χ2n) is 6.26. The fourth-order valence-corrected chi connectivity index (χ4v) is 4.97. The van der Waals surface area contributed by atoms with Crippen LogP contribution in [0.2, 0.25) is 23.7 Å². The molecule has 0 aliphatic heterocycles. The quantitative estimate of drug-likeness (QED) is 0.698. The van der Waals surface area contributed by atoms with Crippen LogP contribution in [0.15, 0.2) is 23.7 Å². The summed E-state index contributed by atoms with van der Waals surface area (Å²) in [5, 5.41) is 0.310. The molecule has 0 heterocycles. The van der Waals surface area contributed by atoms with Crippen molar-refractivity contribution in [1.82, 2.24) is 0 Å². The van der Waals surface area contributed by atoms with Crippen molar-refractivity contribution in [2.24, 2.45) is 0 Å². The van der Waals surface area contributed by atoms with Crippen molar-refractivity contribution in [3.8, 4) is 0 Å². The number of allylic oxidation sites excluding steroid dienone is 2. The van der Waals surface area contributed by atoms with Crippen molar-refractivity contribution in [1.29, 1.82) is 0 Å². The van der Waals surface area contributed by atoms with Gasteiger partial charge in [0.2, 0.25) is 0 Å². The highest BCUT2D eigenvalue weighted by molar-refractivity contribution is 6.82. The molecular formula is C14H26O2Si. The third-order valence-electron chi connectivity index (χ3n) is 4.33. The van der Waals surface area contributed by atoms with Gasteiger partial charge in [-0.15, -0.1) is 0 Å². The Morgan fingerprint density at radius 3 is 1.76 bits per heavy atom. The van der Waals surface area contributed by atoms with Crippen LogP contribution >= 0.6 is 0 Å². The van der Waals surface area contributed by atoms with Crippen molar-refractivity contribution in [2.45, 2.75) is 50.9 Å². The van der Waals surface area contributed by atoms with Crippen LogP contribution in [0.5, 0.6) is 0 Å². The van der Waals surface area contributed by atoms with Gasteiger partial charge in [-0.05, 0) is 23.6 Å². The summed E-state index contributed by atoms with van der Waals surface area (Å²) in [5.74, 6) is 2.19. The summed E-state index contributed by atoms with van der Waals surface area (Å²) in [6, 6.07) is 0. The highest BCUT2D eigenvalue weighted by Gasteiger charge is 2.47. The Kier molecular flexibility index (Phi) is 4.13. The van der Waals surface area contributed by atoms with Gasteiger partial charge in [0.15, 0.2) is 0 Å². The standard InChI is InChI=1S/C14H26O2Si/c1-14(2,3)17(6,7)13-11(15-4)9-8-10-12(13)16-5/h9-10,13H,8H2,1-7H3. The van der Waals surface area contributed by atoms with Crippen molar-refractivity contribution >= 4 is 8.07 Å². The number of rotatable bonds is 3. The Labute approximate surface area is 107 Å². The van der Waals surface area contributed by atoms with Gasteiger partial charge < -0.3 is 9.47 Å². The van der Waals surface area contributed by atoms with E-state index in [-0.39, 0.29) is 0 Å². The SMILES string of the molecule is COC1=CCC=C(OC)C1[Si](C)(C)C(C)(C)C. The van der Waals surface area contributed by atoms with E-state index in [4.69, 9.17) is 9.47 Å². The summed E-state index contributed by atoms with van der Waals surface area (Å²) < 4.78 is 11.2. The zero-order chi connectivity index (χ0) is 13.3. The maximum Gasteiger partial charge on any atom is 0.0997 e. The van der Waals surface area contributed by atoms with Crippen LogP contribution in [0, 0.1) is 0 Å². The van der Waals surface area contributed by atoms with Gasteiger partial charge in [-0.1, -0.05) is 33.9 Å². The van der Waals surface area contributed by atoms with E-state index in [2.05, 4.69) is 46.0 Å². The molecule has 3 heteroatoms. The van der Waals surface area contributed by atoms with E-state index < -0.39 is 8.07 Å². The van der Waals surface area contributed by atoms with Crippen molar-refractivity contribution < 1.29 is 9.47 Å². The maximum absolute atomic E-state index is 5.59. The molecule has 0 N–H and O–H groups in total. The fraction of sp³-hybridized carbons (Fsp3) is 0.714. The minimum Gasteiger partial charge on any atom is -0.501 e. The van der Waals surface area contributed by atoms with Crippen LogP contribution in [0.1, 0.15) is 27.2 Å². The molecule has 0 aromatic heterocycles. The smallest absolute Gasteiger partial charge is 0.0997 e. The molecule has 0 aromatic carbocycles. The van der Waals surface area contributed by atoms with Crippen LogP contribution in [0.4, 0.5) is 0 Å². The fourth-order valence-electron chi connectivity index (χ4n) is 2.21. The number of hydrogen-bond acceptors (Lipinski definition) is 2. The molecular weight excluding hydrogens is 228 g/mol. The molecule has 0 spiro atoms. The third kappa shape index (κ3) is 2.59. The first-order valence-electron chi connectivity index (χ1n) is 6.23. The van der Waals surface area contributed by atoms with E-state index in [1.807, 2.05) is 0 Å². The Morgan fingerprint density at radius 2 is 1.47 bits per heavy atom. The molecule has 0 atom stereocenters. The van der Waals surface area contributed by atoms with Gasteiger partial charge in [-0.3, -0.25) is 0 Å². The molecule has 0 aromatic rings. The van der Waals surface area contributed by atoms with Crippen LogP contribution in [-0.4, -0.2) is 22.3 Å². The van der Waals surface area contributed by atoms with Crippen molar-refractivity contribution in [3.63, 3.8) is 0 Å². The molecule has 1 aliphatic carbocycles. The lowest BCUT2D eigenvalue weighted by Crippen LogP contribution is -2.44. The third-order valence-corrected chi connectivity index (χ3v) is 10.2. The van der Waals surface area contributed by atoms with Gasteiger partial charge in [-0.25, -0.2) is 0 Å². The summed E-state index contributed by atoms with van der Waals surface area (Å²) in [7, 11) is 1.98. The van der Waals surface area contributed by atoms with Gasteiger partial charge in [0.1, 0.15) is 0 Å². The predicted molar refractivity (Wildman–Crippen MR) is 75.7 cm³/mol. The van der Waals surface area contributed by atoms with Crippen LogP contribution in [-0.2, 0) is 9.47 Å². The van der Waals surface area contributed by atoms with Gasteiger partial charge >= 0.3 is 0 Å². The lowest BCUT2D eigenvalue weighted by Gasteiger charge is -2.44. The van der Waals surface area contributed by atoms with Crippen LogP contribution < -0.4 is 0 Å². The molecule has 0 saturated heterocycles. The second kappa shape index (κ2) is 4.89. The Morgan fingerprint density at radius 1 is 1.06 bits per heavy atom. The summed E-state index contributed by atoms with van der Waals surface area (Å²) in [4.78, 5) is 0. The van der Waals surface area contributed by atoms with Crippen molar-refractivity contribution in [2.75, 3.05) is 14.2 Å². The molecule has 0 saturated carbocycles. The molecule has 17 heavy (non-hydrogen) atoms. The summed E-state index contributed by atoms with van der Waals surface area (Å²) in [6.45, 7) is 11.8. The first kappa shape index (κ1) is 14.4. The largest absolute Gasteiger partial charge is 0.501 e. The lowest BCUT2D eigenvalue weighted by atomic mass is 10.1. The highest BCUT2D eigenvalue weighted by Crippen LogP contribution is 2.51. The zero-order valence-corrected chi connectivity index (χ0v) is 13.3. The number of hydrogen-bond donors (Lipinski definition) is 0. The minimum atomic E-state index is -1.56. The molecule has 1 rings (SSSR count). The maximum atomic E-state index is 5.59. The number of methoxy groups -OCH3 is 2. The number of ether oxygens (including phenoxy) is 2. The predicted octanol–water partition coefficient (Wildman–Crippen LogP) is 4.33. The molecule has 1 aliphatic rings. The molecule has 0 radical (unpaired) electrons. The van der Waals surface area contributed by atoms with E-state index in [0.29, 0.717) is 10.6 Å². The first-order chi connectivity index (χ1) is 7.75. The first-order valence-corrected chi connectivity index (χ1v) is 9.31. The second-order valence-corrected chi connectivity index (χ2v) is 11.8. The molecule has 0 bridgehead atoms. The zero-order valence-electron chi connectivity index (χ0n) is 12.3. The van der Waals surface area contributed by atoms with Crippen molar-refractivity contribution in [3.05, 3.63) is 23.7 Å². The molecule has 2 nitrogen and oxygen atoms in total. The summed E-state index contributed by atoms with van der Waals surface area (Å²) in [6.07, 6.45) is 5.29. The Balaban J connectivity index is 3.18. The van der Waals surface area contributed by atoms with Gasteiger partial charge in [0.25, 0.3) is 0 Å². The van der Waals surface area contributed by atoms with Gasteiger partial charge in [0, 0.05) is 0 Å². The lowest BCUT2D eigenvalue weighted by molar-refractivity contribution is 0.229. The van der Waals surface area contributed by atoms with E-state index >= 15 is 0 Å². The molecule has 0 fully saturated rings. The Hall–Kier alpha value is -0.703. The average Bonchev–Trinajstić information content (AvgIpc) is 2.26. The van der Waals surface area contributed by atoms with E-state index in [1.165, 1.54) is 0 Å². The highest BCUT2D eigenvalue weighted by atomic mass is 28.3. The minimum absolute atomic E-state index is 0.310. The van der Waals surface area contributed by atoms with Gasteiger partial charge in [0.05, 0.1) is 39.4 Å². The molecule has 0 unspecified atom stereocenters. The van der Waals surface area contributed by atoms with Gasteiger partial charge in [-0.2, -0.15) is 0 Å². The van der Waals surface area contributed by atoms with E-state index in [1.54, 1.807) is 14.2 Å². The summed E-state index contributed by atoms with van der Waals surface area (Å²) in [5.41, 5.74) is 0.339. The monoisotopic (exact) mass is 254 g/mol. The topological polar surface area (TPSA) is 18.5 Å². The Bertz CT molecular complexity index is 315. The summed E-state index contributed by atoms with van der Waals surface area (Å²) >= 11 is 0. The van der Waals surface area contributed by atoms with Crippen LogP contribution in [0.25, 0.3) is 0 Å². The molecule has 98 valence electrons.